The van der Waals surface area contributed by atoms with Crippen LogP contribution in [0.1, 0.15) is 21.5 Å². The molecule has 0 fully saturated rings. The van der Waals surface area contributed by atoms with Gasteiger partial charge in [0.2, 0.25) is 0 Å². The number of anilines is 1. The van der Waals surface area contributed by atoms with Gasteiger partial charge in [0, 0.05) is 16.3 Å². The molecule has 164 valence electrons. The molecule has 6 nitrogen and oxygen atoms in total. The van der Waals surface area contributed by atoms with Crippen LogP contribution in [0.15, 0.2) is 53.6 Å². The number of nitrogens with zero attached hydrogens (tertiary/aromatic N) is 1. The molecule has 2 aromatic carbocycles. The monoisotopic (exact) mass is 471 g/mol. The van der Waals surface area contributed by atoms with Crippen molar-refractivity contribution in [3.63, 3.8) is 0 Å². The van der Waals surface area contributed by atoms with Crippen LogP contribution in [0.2, 0.25) is 10.0 Å². The molecule has 32 heavy (non-hydrogen) atoms. The Morgan fingerprint density at radius 1 is 0.938 bits per heavy atom. The Morgan fingerprint density at radius 2 is 1.62 bits per heavy atom. The molecule has 8 heteroatoms. The zero-order valence-corrected chi connectivity index (χ0v) is 19.0. The molecule has 0 aliphatic carbocycles. The lowest BCUT2D eigenvalue weighted by atomic mass is 9.95. The molecule has 0 saturated heterocycles. The summed E-state index contributed by atoms with van der Waals surface area (Å²) in [4.78, 5) is 41.2. The van der Waals surface area contributed by atoms with E-state index < -0.39 is 29.8 Å². The van der Waals surface area contributed by atoms with E-state index in [0.717, 1.165) is 11.1 Å². The highest BCUT2D eigenvalue weighted by molar-refractivity contribution is 6.37. The zero-order chi connectivity index (χ0) is 23.2. The predicted molar refractivity (Wildman–Crippen MR) is 122 cm³/mol. The first kappa shape index (κ1) is 22.1. The maximum Gasteiger partial charge on any atom is 0.336 e. The van der Waals surface area contributed by atoms with Crippen LogP contribution in [0.3, 0.4) is 0 Å². The first-order valence-corrected chi connectivity index (χ1v) is 10.5. The first-order valence-electron chi connectivity index (χ1n) is 9.75. The molecule has 2 heterocycles. The van der Waals surface area contributed by atoms with Crippen molar-refractivity contribution in [2.24, 2.45) is 0 Å². The number of carbonyl (C=O) groups excluding carboxylic acids is 3. The van der Waals surface area contributed by atoms with E-state index in [2.05, 4.69) is 0 Å². The van der Waals surface area contributed by atoms with Gasteiger partial charge in [0.1, 0.15) is 6.04 Å². The van der Waals surface area contributed by atoms with Gasteiger partial charge in [0.15, 0.2) is 5.78 Å². The van der Waals surface area contributed by atoms with E-state index in [1.165, 1.54) is 26.4 Å². The molecule has 2 atom stereocenters. The number of fused-ring (bicyclic) bond motifs is 3. The quantitative estimate of drug-likeness (QED) is 0.485. The molecular formula is C24H19Cl2NO5. The van der Waals surface area contributed by atoms with Crippen molar-refractivity contribution in [3.05, 3.63) is 80.4 Å². The number of esters is 2. The number of halogens is 2. The number of Topliss-reactive ketones (excluding diaryl/α,β-unsaturated/α-hetero) is 1. The summed E-state index contributed by atoms with van der Waals surface area (Å²) in [6.07, 6.45) is 3.64. The summed E-state index contributed by atoms with van der Waals surface area (Å²) in [6, 6.07) is 8.40. The van der Waals surface area contributed by atoms with Crippen LogP contribution in [0.5, 0.6) is 0 Å². The van der Waals surface area contributed by atoms with E-state index in [1.807, 2.05) is 31.2 Å². The smallest absolute Gasteiger partial charge is 0.336 e. The molecule has 2 aromatic rings. The van der Waals surface area contributed by atoms with Crippen molar-refractivity contribution < 1.29 is 23.9 Å². The average Bonchev–Trinajstić information content (AvgIpc) is 3.12. The number of benzene rings is 2. The van der Waals surface area contributed by atoms with E-state index in [1.54, 1.807) is 17.0 Å². The normalized spacial score (nSPS) is 18.8. The Hall–Kier alpha value is -3.09. The van der Waals surface area contributed by atoms with E-state index in [9.17, 15) is 14.4 Å². The summed E-state index contributed by atoms with van der Waals surface area (Å²) < 4.78 is 9.94. The average molecular weight is 472 g/mol. The zero-order valence-electron chi connectivity index (χ0n) is 17.5. The molecule has 0 unspecified atom stereocenters. The van der Waals surface area contributed by atoms with Crippen molar-refractivity contribution >= 4 is 52.7 Å². The van der Waals surface area contributed by atoms with Crippen LogP contribution in [-0.4, -0.2) is 44.0 Å². The highest BCUT2D eigenvalue weighted by Crippen LogP contribution is 2.43. The second kappa shape index (κ2) is 8.45. The van der Waals surface area contributed by atoms with Crippen molar-refractivity contribution in [2.45, 2.75) is 19.0 Å². The summed E-state index contributed by atoms with van der Waals surface area (Å²) >= 11 is 12.3. The Bertz CT molecular complexity index is 1220. The highest BCUT2D eigenvalue weighted by Gasteiger charge is 2.51. The fourth-order valence-electron chi connectivity index (χ4n) is 4.23. The molecule has 0 radical (unpaired) electrons. The lowest BCUT2D eigenvalue weighted by Crippen LogP contribution is -2.45. The minimum Gasteiger partial charge on any atom is -0.466 e. The summed E-state index contributed by atoms with van der Waals surface area (Å²) in [5.41, 5.74) is 2.76. The van der Waals surface area contributed by atoms with E-state index in [0.29, 0.717) is 10.7 Å². The molecular weight excluding hydrogens is 453 g/mol. The van der Waals surface area contributed by atoms with Gasteiger partial charge in [-0.2, -0.15) is 0 Å². The fraction of sp³-hybridized carbons (Fsp3) is 0.208. The summed E-state index contributed by atoms with van der Waals surface area (Å²) in [5.74, 6) is -1.96. The SMILES string of the molecule is COC(=O)C1=C(C(=O)OC)[C@@H]2C=Cc3cc(C)ccc3N2[C@@H]1C(=O)c1ccc(Cl)cc1Cl. The van der Waals surface area contributed by atoms with Gasteiger partial charge in [-0.05, 0) is 42.8 Å². The second-order valence-electron chi connectivity index (χ2n) is 7.47. The number of hydrogen-bond donors (Lipinski definition) is 0. The van der Waals surface area contributed by atoms with Gasteiger partial charge >= 0.3 is 11.9 Å². The third-order valence-corrected chi connectivity index (χ3v) is 6.16. The number of ketones is 1. The van der Waals surface area contributed by atoms with Gasteiger partial charge in [-0.15, -0.1) is 0 Å². The van der Waals surface area contributed by atoms with Crippen LogP contribution in [-0.2, 0) is 19.1 Å². The number of hydrogen-bond acceptors (Lipinski definition) is 6. The van der Waals surface area contributed by atoms with Gasteiger partial charge in [-0.1, -0.05) is 47.0 Å². The molecule has 0 saturated carbocycles. The summed E-state index contributed by atoms with van der Waals surface area (Å²) in [6.45, 7) is 1.96. The summed E-state index contributed by atoms with van der Waals surface area (Å²) in [7, 11) is 2.43. The Kier molecular flexibility index (Phi) is 5.84. The lowest BCUT2D eigenvalue weighted by Gasteiger charge is -2.35. The highest BCUT2D eigenvalue weighted by atomic mass is 35.5. The van der Waals surface area contributed by atoms with E-state index in [4.69, 9.17) is 32.7 Å². The minimum atomic E-state index is -1.15. The molecule has 0 aromatic heterocycles. The Labute approximate surface area is 195 Å². The number of aryl methyl sites for hydroxylation is 1. The number of carbonyl (C=O) groups is 3. The van der Waals surface area contributed by atoms with Gasteiger partial charge in [-0.3, -0.25) is 4.79 Å². The lowest BCUT2D eigenvalue weighted by molar-refractivity contribution is -0.139. The van der Waals surface area contributed by atoms with Crippen LogP contribution in [0.25, 0.3) is 6.08 Å². The van der Waals surface area contributed by atoms with Crippen LogP contribution < -0.4 is 4.90 Å². The van der Waals surface area contributed by atoms with Crippen molar-refractivity contribution in [2.75, 3.05) is 19.1 Å². The maximum atomic E-state index is 13.8. The van der Waals surface area contributed by atoms with Gasteiger partial charge < -0.3 is 14.4 Å². The molecule has 0 N–H and O–H groups in total. The minimum absolute atomic E-state index is 0.0604. The van der Waals surface area contributed by atoms with Gasteiger partial charge in [-0.25, -0.2) is 9.59 Å². The van der Waals surface area contributed by atoms with Crippen molar-refractivity contribution in [1.29, 1.82) is 0 Å². The Balaban J connectivity index is 1.97. The van der Waals surface area contributed by atoms with E-state index in [-0.39, 0.29) is 21.7 Å². The fourth-order valence-corrected chi connectivity index (χ4v) is 4.73. The first-order chi connectivity index (χ1) is 15.3. The Morgan fingerprint density at radius 3 is 2.28 bits per heavy atom. The number of rotatable bonds is 4. The topological polar surface area (TPSA) is 72.9 Å². The van der Waals surface area contributed by atoms with Crippen LogP contribution in [0, 0.1) is 6.92 Å². The molecule has 0 amide bonds. The maximum absolute atomic E-state index is 13.8. The van der Waals surface area contributed by atoms with Gasteiger partial charge in [0.25, 0.3) is 0 Å². The van der Waals surface area contributed by atoms with Crippen molar-refractivity contribution in [1.82, 2.24) is 0 Å². The standard InChI is InChI=1S/C24H19Cl2NO5/c1-12-4-8-17-13(10-12)5-9-18-19(23(29)31-2)20(24(30)32-3)21(27(17)18)22(28)15-7-6-14(25)11-16(15)26/h4-11,18,21H,1-3H3/t18-,21-/m0/s1. The molecule has 2 aliphatic rings. The largest absolute Gasteiger partial charge is 0.466 e. The third-order valence-electron chi connectivity index (χ3n) is 5.61. The summed E-state index contributed by atoms with van der Waals surface area (Å²) in [5, 5.41) is 0.517. The van der Waals surface area contributed by atoms with Crippen LogP contribution in [0.4, 0.5) is 5.69 Å². The molecule has 2 aliphatic heterocycles. The van der Waals surface area contributed by atoms with E-state index >= 15 is 0 Å². The number of ether oxygens (including phenoxy) is 2. The molecule has 0 spiro atoms. The number of methoxy groups -OCH3 is 2. The third kappa shape index (κ3) is 3.49. The molecule has 4 rings (SSSR count). The predicted octanol–water partition coefficient (Wildman–Crippen LogP) is 4.41. The van der Waals surface area contributed by atoms with Crippen LogP contribution >= 0.6 is 23.2 Å². The van der Waals surface area contributed by atoms with Gasteiger partial charge in [0.05, 0.1) is 36.4 Å². The second-order valence-corrected chi connectivity index (χ2v) is 8.32. The van der Waals surface area contributed by atoms with Crippen molar-refractivity contribution in [3.8, 4) is 0 Å². The molecule has 0 bridgehead atoms.